The Bertz CT molecular complexity index is 918. The van der Waals surface area contributed by atoms with Gasteiger partial charge in [0.1, 0.15) is 5.82 Å². The summed E-state index contributed by atoms with van der Waals surface area (Å²) in [6.07, 6.45) is 3.38. The lowest BCUT2D eigenvalue weighted by atomic mass is 10.3. The number of anilines is 1. The zero-order valence-corrected chi connectivity index (χ0v) is 14.4. The summed E-state index contributed by atoms with van der Waals surface area (Å²) in [6, 6.07) is 8.03. The molecule has 0 bridgehead atoms. The third-order valence-corrected chi connectivity index (χ3v) is 4.68. The molecule has 7 nitrogen and oxygen atoms in total. The molecule has 2 aromatic heterocycles. The monoisotopic (exact) mass is 338 g/mol. The van der Waals surface area contributed by atoms with E-state index in [0.29, 0.717) is 6.42 Å². The van der Waals surface area contributed by atoms with Crippen molar-refractivity contribution in [3.63, 3.8) is 0 Å². The number of rotatable bonds is 6. The van der Waals surface area contributed by atoms with Gasteiger partial charge in [-0.25, -0.2) is 4.98 Å². The highest BCUT2D eigenvalue weighted by atomic mass is 16.2. The average Bonchev–Trinajstić information content (AvgIpc) is 3.25. The van der Waals surface area contributed by atoms with Crippen LogP contribution in [0.3, 0.4) is 0 Å². The van der Waals surface area contributed by atoms with Gasteiger partial charge in [-0.15, -0.1) is 10.2 Å². The van der Waals surface area contributed by atoms with Crippen molar-refractivity contribution in [3.8, 4) is 0 Å². The van der Waals surface area contributed by atoms with Crippen LogP contribution in [0, 0.1) is 0 Å². The number of hydrogen-bond donors (Lipinski definition) is 1. The van der Waals surface area contributed by atoms with Crippen LogP contribution in [-0.2, 0) is 11.2 Å². The lowest BCUT2D eigenvalue weighted by Gasteiger charge is -2.15. The number of likely N-dealkylation sites (tertiary alicyclic amines) is 1. The maximum atomic E-state index is 11.7. The predicted octanol–water partition coefficient (Wildman–Crippen LogP) is 2.26. The number of amides is 1. The molecule has 7 heteroatoms. The van der Waals surface area contributed by atoms with Gasteiger partial charge in [0.25, 0.3) is 0 Å². The van der Waals surface area contributed by atoms with Crippen molar-refractivity contribution >= 4 is 28.4 Å². The van der Waals surface area contributed by atoms with Crippen molar-refractivity contribution in [1.29, 1.82) is 0 Å². The molecule has 1 amide bonds. The maximum absolute atomic E-state index is 11.7. The van der Waals surface area contributed by atoms with Crippen LogP contribution >= 0.6 is 0 Å². The van der Waals surface area contributed by atoms with E-state index in [9.17, 15) is 4.79 Å². The van der Waals surface area contributed by atoms with E-state index in [1.807, 2.05) is 29.2 Å². The number of aryl methyl sites for hydroxylation is 1. The Morgan fingerprint density at radius 1 is 1.24 bits per heavy atom. The lowest BCUT2D eigenvalue weighted by Crippen LogP contribution is -2.27. The molecule has 3 heterocycles. The fourth-order valence-electron chi connectivity index (χ4n) is 3.41. The van der Waals surface area contributed by atoms with Crippen molar-refractivity contribution < 1.29 is 4.79 Å². The molecule has 130 valence electrons. The van der Waals surface area contributed by atoms with E-state index in [1.54, 1.807) is 0 Å². The van der Waals surface area contributed by atoms with E-state index in [2.05, 4.69) is 26.8 Å². The van der Waals surface area contributed by atoms with E-state index < -0.39 is 0 Å². The first-order valence-electron chi connectivity index (χ1n) is 8.92. The minimum atomic E-state index is 0.274. The first kappa shape index (κ1) is 15.8. The quantitative estimate of drug-likeness (QED) is 0.698. The van der Waals surface area contributed by atoms with Crippen molar-refractivity contribution in [3.05, 3.63) is 30.1 Å². The van der Waals surface area contributed by atoms with Gasteiger partial charge in [-0.1, -0.05) is 19.1 Å². The molecule has 0 saturated carbocycles. The topological polar surface area (TPSA) is 75.4 Å². The van der Waals surface area contributed by atoms with Gasteiger partial charge in [0.15, 0.2) is 5.82 Å². The SMILES string of the molecule is CCc1nnc2c(NCCCN3CCCC3=O)nc3ccccc3n12. The number of carbonyl (C=O) groups excluding carboxylic acids is 1. The number of hydrogen-bond acceptors (Lipinski definition) is 5. The third-order valence-electron chi connectivity index (χ3n) is 4.68. The van der Waals surface area contributed by atoms with E-state index in [1.165, 1.54) is 0 Å². The van der Waals surface area contributed by atoms with Gasteiger partial charge >= 0.3 is 0 Å². The van der Waals surface area contributed by atoms with Crippen LogP contribution < -0.4 is 5.32 Å². The van der Waals surface area contributed by atoms with Gasteiger partial charge in [0, 0.05) is 32.5 Å². The molecular weight excluding hydrogens is 316 g/mol. The Hall–Kier alpha value is -2.70. The Morgan fingerprint density at radius 2 is 2.12 bits per heavy atom. The Kier molecular flexibility index (Phi) is 4.21. The van der Waals surface area contributed by atoms with Crippen LogP contribution in [0.2, 0.25) is 0 Å². The summed E-state index contributed by atoms with van der Waals surface area (Å²) >= 11 is 0. The van der Waals surface area contributed by atoms with E-state index >= 15 is 0 Å². The van der Waals surface area contributed by atoms with Crippen LogP contribution in [0.4, 0.5) is 5.82 Å². The number of aromatic nitrogens is 4. The number of benzene rings is 1. The highest BCUT2D eigenvalue weighted by Crippen LogP contribution is 2.22. The summed E-state index contributed by atoms with van der Waals surface area (Å²) in [7, 11) is 0. The molecule has 1 aliphatic rings. The first-order valence-corrected chi connectivity index (χ1v) is 8.92. The maximum Gasteiger partial charge on any atom is 0.222 e. The second-order valence-electron chi connectivity index (χ2n) is 6.34. The molecular formula is C18H22N6O. The Balaban J connectivity index is 1.56. The molecule has 4 rings (SSSR count). The number of para-hydroxylation sites is 2. The zero-order valence-electron chi connectivity index (χ0n) is 14.4. The summed E-state index contributed by atoms with van der Waals surface area (Å²) in [5, 5.41) is 12.0. The summed E-state index contributed by atoms with van der Waals surface area (Å²) in [4.78, 5) is 18.3. The molecule has 0 aliphatic carbocycles. The minimum Gasteiger partial charge on any atom is -0.367 e. The van der Waals surface area contributed by atoms with Gasteiger partial charge < -0.3 is 10.2 Å². The number of carbonyl (C=O) groups is 1. The van der Waals surface area contributed by atoms with Gasteiger partial charge in [-0.3, -0.25) is 9.20 Å². The average molecular weight is 338 g/mol. The molecule has 1 fully saturated rings. The number of nitrogens with one attached hydrogen (secondary N) is 1. The lowest BCUT2D eigenvalue weighted by molar-refractivity contribution is -0.127. The number of nitrogens with zero attached hydrogens (tertiary/aromatic N) is 5. The van der Waals surface area contributed by atoms with Gasteiger partial charge in [0.2, 0.25) is 11.6 Å². The Labute approximate surface area is 146 Å². The van der Waals surface area contributed by atoms with Crippen LogP contribution in [0.1, 0.15) is 32.0 Å². The molecule has 1 aliphatic heterocycles. The van der Waals surface area contributed by atoms with Gasteiger partial charge in [0.05, 0.1) is 11.0 Å². The largest absolute Gasteiger partial charge is 0.367 e. The summed E-state index contributed by atoms with van der Waals surface area (Å²) in [5.41, 5.74) is 2.70. The van der Waals surface area contributed by atoms with E-state index in [4.69, 9.17) is 4.98 Å². The normalized spacial score (nSPS) is 14.8. The summed E-state index contributed by atoms with van der Waals surface area (Å²) < 4.78 is 2.08. The first-order chi connectivity index (χ1) is 12.3. The zero-order chi connectivity index (χ0) is 17.2. The smallest absolute Gasteiger partial charge is 0.222 e. The molecule has 1 aromatic carbocycles. The standard InChI is InChI=1S/C18H22N6O/c1-2-15-21-22-18-17(19-10-6-12-23-11-5-9-16(23)25)20-13-7-3-4-8-14(13)24(15)18/h3-4,7-8H,2,5-6,9-12H2,1H3,(H,19,20). The Morgan fingerprint density at radius 3 is 2.92 bits per heavy atom. The highest BCUT2D eigenvalue weighted by Gasteiger charge is 2.19. The van der Waals surface area contributed by atoms with Crippen LogP contribution in [0.25, 0.3) is 16.7 Å². The van der Waals surface area contributed by atoms with Crippen molar-refractivity contribution in [2.24, 2.45) is 0 Å². The molecule has 3 aromatic rings. The number of fused-ring (bicyclic) bond motifs is 3. The summed E-state index contributed by atoms with van der Waals surface area (Å²) in [6.45, 7) is 4.51. The van der Waals surface area contributed by atoms with Crippen molar-refractivity contribution in [1.82, 2.24) is 24.5 Å². The molecule has 25 heavy (non-hydrogen) atoms. The molecule has 1 N–H and O–H groups in total. The van der Waals surface area contributed by atoms with Crippen LogP contribution in [-0.4, -0.2) is 50.0 Å². The van der Waals surface area contributed by atoms with Crippen LogP contribution in [0.5, 0.6) is 0 Å². The van der Waals surface area contributed by atoms with Crippen LogP contribution in [0.15, 0.2) is 24.3 Å². The fraction of sp³-hybridized carbons (Fsp3) is 0.444. The molecule has 0 unspecified atom stereocenters. The second kappa shape index (κ2) is 6.66. The highest BCUT2D eigenvalue weighted by molar-refractivity contribution is 5.83. The fourth-order valence-corrected chi connectivity index (χ4v) is 3.41. The van der Waals surface area contributed by atoms with Gasteiger partial charge in [-0.05, 0) is 25.0 Å². The molecule has 1 saturated heterocycles. The molecule has 0 spiro atoms. The van der Waals surface area contributed by atoms with E-state index in [0.717, 1.165) is 67.2 Å². The molecule has 0 radical (unpaired) electrons. The minimum absolute atomic E-state index is 0.274. The second-order valence-corrected chi connectivity index (χ2v) is 6.34. The predicted molar refractivity (Wildman–Crippen MR) is 96.6 cm³/mol. The third kappa shape index (κ3) is 2.90. The van der Waals surface area contributed by atoms with E-state index in [-0.39, 0.29) is 5.91 Å². The summed E-state index contributed by atoms with van der Waals surface area (Å²) in [5.74, 6) is 1.95. The van der Waals surface area contributed by atoms with Gasteiger partial charge in [-0.2, -0.15) is 0 Å². The van der Waals surface area contributed by atoms with Crippen molar-refractivity contribution in [2.75, 3.05) is 25.0 Å². The van der Waals surface area contributed by atoms with Crippen molar-refractivity contribution in [2.45, 2.75) is 32.6 Å². The molecule has 0 atom stereocenters.